The van der Waals surface area contributed by atoms with Crippen LogP contribution in [-0.2, 0) is 19.3 Å². The molecule has 30 heavy (non-hydrogen) atoms. The highest BCUT2D eigenvalue weighted by atomic mass is 19.4. The van der Waals surface area contributed by atoms with E-state index < -0.39 is 11.7 Å². The molecule has 4 nitrogen and oxygen atoms in total. The molecule has 0 aliphatic heterocycles. The number of nitrogens with one attached hydrogen (secondary N) is 1. The number of benzene rings is 2. The van der Waals surface area contributed by atoms with Crippen molar-refractivity contribution in [2.45, 2.75) is 26.2 Å². The van der Waals surface area contributed by atoms with E-state index in [4.69, 9.17) is 4.42 Å². The zero-order valence-corrected chi connectivity index (χ0v) is 16.2. The number of halogens is 3. The highest BCUT2D eigenvalue weighted by Crippen LogP contribution is 2.29. The lowest BCUT2D eigenvalue weighted by atomic mass is 10.1. The summed E-state index contributed by atoms with van der Waals surface area (Å²) in [5, 5.41) is 2.72. The van der Waals surface area contributed by atoms with Crippen molar-refractivity contribution in [3.8, 4) is 0 Å². The van der Waals surface area contributed by atoms with E-state index in [1.807, 2.05) is 47.9 Å². The summed E-state index contributed by atoms with van der Waals surface area (Å²) in [5.74, 6) is 0.352. The molecule has 4 aromatic rings. The van der Waals surface area contributed by atoms with Gasteiger partial charge < -0.3 is 14.3 Å². The van der Waals surface area contributed by atoms with Crippen LogP contribution >= 0.6 is 0 Å². The minimum absolute atomic E-state index is 0.0142. The van der Waals surface area contributed by atoms with Crippen molar-refractivity contribution < 1.29 is 22.4 Å². The quantitative estimate of drug-likeness (QED) is 0.468. The van der Waals surface area contributed by atoms with Crippen LogP contribution < -0.4 is 5.32 Å². The minimum atomic E-state index is -4.42. The van der Waals surface area contributed by atoms with Gasteiger partial charge in [0, 0.05) is 25.2 Å². The van der Waals surface area contributed by atoms with E-state index >= 15 is 0 Å². The molecule has 154 valence electrons. The Kier molecular flexibility index (Phi) is 5.11. The standard InChI is InChI=1S/C23H19F3N2O2/c1-15-10-19-21(30-15)12-20(28(19)14-16-6-3-2-4-7-16)22(29)27-13-17-8-5-9-18(11-17)23(24,25)26/h2-12H,13-14H2,1H3,(H,27,29). The zero-order chi connectivity index (χ0) is 21.3. The number of carbonyl (C=O) groups excluding carboxylic acids is 1. The van der Waals surface area contributed by atoms with Gasteiger partial charge in [0.2, 0.25) is 0 Å². The fourth-order valence-corrected chi connectivity index (χ4v) is 3.42. The van der Waals surface area contributed by atoms with E-state index in [2.05, 4.69) is 5.32 Å². The summed E-state index contributed by atoms with van der Waals surface area (Å²) in [7, 11) is 0. The first kappa shape index (κ1) is 19.8. The Morgan fingerprint density at radius 3 is 2.47 bits per heavy atom. The van der Waals surface area contributed by atoms with Crippen LogP contribution in [0.4, 0.5) is 13.2 Å². The summed E-state index contributed by atoms with van der Waals surface area (Å²) in [6, 6.07) is 18.1. The van der Waals surface area contributed by atoms with Crippen molar-refractivity contribution in [3.05, 3.63) is 94.9 Å². The van der Waals surface area contributed by atoms with Crippen LogP contribution in [0.15, 0.2) is 71.1 Å². The third-order valence-electron chi connectivity index (χ3n) is 4.84. The molecule has 2 heterocycles. The molecule has 2 aromatic carbocycles. The maximum Gasteiger partial charge on any atom is 0.416 e. The second kappa shape index (κ2) is 7.74. The van der Waals surface area contributed by atoms with Crippen LogP contribution in [0.5, 0.6) is 0 Å². The number of carbonyl (C=O) groups is 1. The third-order valence-corrected chi connectivity index (χ3v) is 4.84. The Hall–Kier alpha value is -3.48. The highest BCUT2D eigenvalue weighted by Gasteiger charge is 2.30. The molecular formula is C23H19F3N2O2. The molecule has 0 radical (unpaired) electrons. The number of aromatic nitrogens is 1. The maximum atomic E-state index is 12.9. The van der Waals surface area contributed by atoms with Crippen LogP contribution in [0.2, 0.25) is 0 Å². The molecule has 0 atom stereocenters. The molecule has 0 unspecified atom stereocenters. The zero-order valence-electron chi connectivity index (χ0n) is 16.2. The van der Waals surface area contributed by atoms with Crippen LogP contribution in [0, 0.1) is 6.92 Å². The third kappa shape index (κ3) is 4.10. The lowest BCUT2D eigenvalue weighted by Crippen LogP contribution is -2.25. The lowest BCUT2D eigenvalue weighted by Gasteiger charge is -2.12. The van der Waals surface area contributed by atoms with Crippen molar-refractivity contribution in [2.75, 3.05) is 0 Å². The molecule has 0 spiro atoms. The molecule has 7 heteroatoms. The average molecular weight is 412 g/mol. The SMILES string of the molecule is Cc1cc2c(cc(C(=O)NCc3cccc(C(F)(F)F)c3)n2Cc2ccccc2)o1. The average Bonchev–Trinajstić information content (AvgIpc) is 3.23. The molecule has 2 aromatic heterocycles. The van der Waals surface area contributed by atoms with Crippen LogP contribution in [0.25, 0.3) is 11.1 Å². The van der Waals surface area contributed by atoms with Crippen LogP contribution in [0.1, 0.15) is 32.9 Å². The van der Waals surface area contributed by atoms with Gasteiger partial charge in [-0.1, -0.05) is 42.5 Å². The number of amides is 1. The number of alkyl halides is 3. The normalized spacial score (nSPS) is 11.7. The van der Waals surface area contributed by atoms with E-state index in [-0.39, 0.29) is 12.5 Å². The molecule has 4 rings (SSSR count). The lowest BCUT2D eigenvalue weighted by molar-refractivity contribution is -0.137. The first-order valence-electron chi connectivity index (χ1n) is 9.39. The van der Waals surface area contributed by atoms with Crippen molar-refractivity contribution in [2.24, 2.45) is 0 Å². The summed E-state index contributed by atoms with van der Waals surface area (Å²) in [6.45, 7) is 2.29. The summed E-state index contributed by atoms with van der Waals surface area (Å²) in [6.07, 6.45) is -4.42. The van der Waals surface area contributed by atoms with Crippen LogP contribution in [-0.4, -0.2) is 10.5 Å². The van der Waals surface area contributed by atoms with Crippen molar-refractivity contribution >= 4 is 17.0 Å². The van der Waals surface area contributed by atoms with Gasteiger partial charge >= 0.3 is 6.18 Å². The molecule has 0 aliphatic rings. The van der Waals surface area contributed by atoms with E-state index in [9.17, 15) is 18.0 Å². The first-order valence-corrected chi connectivity index (χ1v) is 9.39. The minimum Gasteiger partial charge on any atom is -0.460 e. The summed E-state index contributed by atoms with van der Waals surface area (Å²) in [4.78, 5) is 12.9. The van der Waals surface area contributed by atoms with E-state index in [1.165, 1.54) is 6.07 Å². The molecule has 0 saturated carbocycles. The monoisotopic (exact) mass is 412 g/mol. The van der Waals surface area contributed by atoms with Crippen LogP contribution in [0.3, 0.4) is 0 Å². The van der Waals surface area contributed by atoms with Gasteiger partial charge in [-0.15, -0.1) is 0 Å². The summed E-state index contributed by atoms with van der Waals surface area (Å²) >= 11 is 0. The number of fused-ring (bicyclic) bond motifs is 1. The Balaban J connectivity index is 1.59. The summed E-state index contributed by atoms with van der Waals surface area (Å²) < 4.78 is 46.2. The smallest absolute Gasteiger partial charge is 0.416 e. The van der Waals surface area contributed by atoms with Crippen molar-refractivity contribution in [1.82, 2.24) is 9.88 Å². The van der Waals surface area contributed by atoms with E-state index in [1.54, 1.807) is 12.1 Å². The molecule has 0 saturated heterocycles. The van der Waals surface area contributed by atoms with Gasteiger partial charge in [0.25, 0.3) is 5.91 Å². The van der Waals surface area contributed by atoms with Gasteiger partial charge in [0.1, 0.15) is 11.5 Å². The number of rotatable bonds is 5. The Bertz CT molecular complexity index is 1190. The first-order chi connectivity index (χ1) is 14.3. The van der Waals surface area contributed by atoms with Gasteiger partial charge in [-0.2, -0.15) is 13.2 Å². The molecule has 0 fully saturated rings. The molecule has 1 N–H and O–H groups in total. The van der Waals surface area contributed by atoms with Gasteiger partial charge in [-0.3, -0.25) is 4.79 Å². The second-order valence-electron chi connectivity index (χ2n) is 7.09. The number of hydrogen-bond donors (Lipinski definition) is 1. The number of nitrogens with zero attached hydrogens (tertiary/aromatic N) is 1. The molecule has 0 aliphatic carbocycles. The molecule has 0 bridgehead atoms. The number of furan rings is 1. The topological polar surface area (TPSA) is 47.2 Å². The molecular weight excluding hydrogens is 393 g/mol. The van der Waals surface area contributed by atoms with Gasteiger partial charge in [-0.05, 0) is 30.2 Å². The van der Waals surface area contributed by atoms with Gasteiger partial charge in [0.05, 0.1) is 11.1 Å². The molecule has 1 amide bonds. The Labute approximate surface area is 170 Å². The Morgan fingerprint density at radius 2 is 1.73 bits per heavy atom. The summed E-state index contributed by atoms with van der Waals surface area (Å²) in [5.41, 5.74) is 2.42. The predicted octanol–water partition coefficient (Wildman–Crippen LogP) is 5.54. The fraction of sp³-hybridized carbons (Fsp3) is 0.174. The van der Waals surface area contributed by atoms with E-state index in [0.717, 1.165) is 29.0 Å². The van der Waals surface area contributed by atoms with Crippen molar-refractivity contribution in [3.63, 3.8) is 0 Å². The highest BCUT2D eigenvalue weighted by molar-refractivity contribution is 5.97. The van der Waals surface area contributed by atoms with E-state index in [0.29, 0.717) is 23.4 Å². The Morgan fingerprint density at radius 1 is 1.00 bits per heavy atom. The fourth-order valence-electron chi connectivity index (χ4n) is 3.42. The predicted molar refractivity (Wildman–Crippen MR) is 107 cm³/mol. The van der Waals surface area contributed by atoms with Gasteiger partial charge in [0.15, 0.2) is 5.58 Å². The largest absolute Gasteiger partial charge is 0.460 e. The second-order valence-corrected chi connectivity index (χ2v) is 7.09. The number of aryl methyl sites for hydroxylation is 1. The maximum absolute atomic E-state index is 12.9. The number of hydrogen-bond acceptors (Lipinski definition) is 2. The van der Waals surface area contributed by atoms with Gasteiger partial charge in [-0.25, -0.2) is 0 Å². The van der Waals surface area contributed by atoms with Crippen molar-refractivity contribution in [1.29, 1.82) is 0 Å².